The predicted octanol–water partition coefficient (Wildman–Crippen LogP) is 4.52. The molecule has 2 heterocycles. The Morgan fingerprint density at radius 1 is 0.792 bits per heavy atom. The van der Waals surface area contributed by atoms with Crippen LogP contribution < -0.4 is 10.6 Å². The fraction of sp³-hybridized carbons (Fsp3) is 0.842. The molecule has 136 valence electrons. The van der Waals surface area contributed by atoms with Crippen LogP contribution in [0.4, 0.5) is 11.9 Å². The van der Waals surface area contributed by atoms with Crippen LogP contribution in [0.1, 0.15) is 89.8 Å². The molecule has 2 rings (SSSR count). The lowest BCUT2D eigenvalue weighted by molar-refractivity contribution is 0.557. The lowest BCUT2D eigenvalue weighted by atomic mass is 10.1. The molecule has 1 aromatic heterocycles. The minimum Gasteiger partial charge on any atom is -0.368 e. The second-order valence-corrected chi connectivity index (χ2v) is 7.04. The maximum Gasteiger partial charge on any atom is 0.230 e. The number of nitrogens with two attached hydrogens (primary N) is 1. The van der Waals surface area contributed by atoms with Crippen molar-refractivity contribution in [1.29, 1.82) is 0 Å². The molecule has 1 aromatic rings. The number of aromatic nitrogens is 3. The number of hydrogen-bond acceptors (Lipinski definition) is 5. The van der Waals surface area contributed by atoms with Crippen LogP contribution in [0.5, 0.6) is 0 Å². The first-order valence-corrected chi connectivity index (χ1v) is 10.0. The smallest absolute Gasteiger partial charge is 0.230 e. The van der Waals surface area contributed by atoms with E-state index in [1.54, 1.807) is 0 Å². The molecular weight excluding hydrogens is 298 g/mol. The molecule has 1 aliphatic rings. The van der Waals surface area contributed by atoms with Gasteiger partial charge in [-0.2, -0.15) is 15.0 Å². The van der Waals surface area contributed by atoms with Crippen molar-refractivity contribution in [3.8, 4) is 0 Å². The molecule has 1 aliphatic heterocycles. The Morgan fingerprint density at radius 2 is 1.42 bits per heavy atom. The number of rotatable bonds is 11. The Kier molecular flexibility index (Phi) is 8.85. The molecule has 0 aromatic carbocycles. The molecule has 0 unspecified atom stereocenters. The second-order valence-electron chi connectivity index (χ2n) is 7.04. The molecule has 24 heavy (non-hydrogen) atoms. The highest BCUT2D eigenvalue weighted by Gasteiger charge is 2.15. The Bertz CT molecular complexity index is 457. The van der Waals surface area contributed by atoms with E-state index >= 15 is 0 Å². The number of anilines is 2. The van der Waals surface area contributed by atoms with Crippen LogP contribution in [0.3, 0.4) is 0 Å². The Balaban J connectivity index is 1.66. The molecule has 0 spiro atoms. The predicted molar refractivity (Wildman–Crippen MR) is 101 cm³/mol. The van der Waals surface area contributed by atoms with Crippen LogP contribution in [0.25, 0.3) is 0 Å². The molecule has 0 saturated carbocycles. The molecule has 1 fully saturated rings. The summed E-state index contributed by atoms with van der Waals surface area (Å²) in [6.45, 7) is 4.35. The Hall–Kier alpha value is -1.39. The van der Waals surface area contributed by atoms with Gasteiger partial charge in [-0.1, -0.05) is 58.3 Å². The number of aryl methyl sites for hydroxylation is 1. The van der Waals surface area contributed by atoms with Gasteiger partial charge in [0, 0.05) is 19.5 Å². The van der Waals surface area contributed by atoms with E-state index in [0.717, 1.165) is 37.7 Å². The van der Waals surface area contributed by atoms with Gasteiger partial charge in [0.05, 0.1) is 0 Å². The van der Waals surface area contributed by atoms with E-state index < -0.39 is 0 Å². The minimum atomic E-state index is 0.372. The number of hydrogen-bond donors (Lipinski definition) is 1. The molecule has 0 atom stereocenters. The average Bonchev–Trinajstić information content (AvgIpc) is 2.60. The standard InChI is InChI=1S/C19H35N5/c1-2-3-4-5-6-7-8-9-11-14-17-21-18(20)23-19(22-17)24-15-12-10-13-16-24/h2-16H2,1H3,(H2,20,21,22,23). The maximum absolute atomic E-state index is 5.89. The molecule has 5 nitrogen and oxygen atoms in total. The first kappa shape index (κ1) is 18.9. The van der Waals surface area contributed by atoms with Gasteiger partial charge in [0.25, 0.3) is 0 Å². The maximum atomic E-state index is 5.89. The van der Waals surface area contributed by atoms with Crippen LogP contribution in [-0.4, -0.2) is 28.0 Å². The van der Waals surface area contributed by atoms with Crippen molar-refractivity contribution in [3.63, 3.8) is 0 Å². The van der Waals surface area contributed by atoms with Crippen molar-refractivity contribution in [1.82, 2.24) is 15.0 Å². The zero-order valence-electron chi connectivity index (χ0n) is 15.5. The molecule has 0 amide bonds. The van der Waals surface area contributed by atoms with E-state index in [0.29, 0.717) is 5.95 Å². The quantitative estimate of drug-likeness (QED) is 0.603. The lowest BCUT2D eigenvalue weighted by Crippen LogP contribution is -2.31. The second kappa shape index (κ2) is 11.2. The molecule has 5 heteroatoms. The third-order valence-corrected chi connectivity index (χ3v) is 4.83. The minimum absolute atomic E-state index is 0.372. The van der Waals surface area contributed by atoms with E-state index in [1.807, 2.05) is 0 Å². The monoisotopic (exact) mass is 333 g/mol. The molecular formula is C19H35N5. The number of nitrogens with zero attached hydrogens (tertiary/aromatic N) is 4. The molecule has 0 radical (unpaired) electrons. The zero-order chi connectivity index (χ0) is 17.0. The molecule has 0 bridgehead atoms. The van der Waals surface area contributed by atoms with Crippen molar-refractivity contribution in [3.05, 3.63) is 5.82 Å². The number of piperidine rings is 1. The first-order valence-electron chi connectivity index (χ1n) is 10.0. The first-order chi connectivity index (χ1) is 11.8. The number of nitrogen functional groups attached to an aromatic ring is 1. The van der Waals surface area contributed by atoms with Crippen molar-refractivity contribution in [2.45, 2.75) is 90.4 Å². The zero-order valence-corrected chi connectivity index (χ0v) is 15.5. The molecule has 1 saturated heterocycles. The van der Waals surface area contributed by atoms with E-state index in [2.05, 4.69) is 26.8 Å². The summed E-state index contributed by atoms with van der Waals surface area (Å²) in [7, 11) is 0. The van der Waals surface area contributed by atoms with Crippen molar-refractivity contribution < 1.29 is 0 Å². The summed E-state index contributed by atoms with van der Waals surface area (Å²) < 4.78 is 0. The lowest BCUT2D eigenvalue weighted by Gasteiger charge is -2.26. The van der Waals surface area contributed by atoms with E-state index in [4.69, 9.17) is 5.73 Å². The van der Waals surface area contributed by atoms with Crippen LogP contribution in [0.2, 0.25) is 0 Å². The Labute approximate surface area is 147 Å². The van der Waals surface area contributed by atoms with Gasteiger partial charge in [0.1, 0.15) is 5.82 Å². The summed E-state index contributed by atoms with van der Waals surface area (Å²) in [5.41, 5.74) is 5.89. The largest absolute Gasteiger partial charge is 0.368 e. The van der Waals surface area contributed by atoms with Gasteiger partial charge in [-0.05, 0) is 25.7 Å². The van der Waals surface area contributed by atoms with Gasteiger partial charge >= 0.3 is 0 Å². The highest BCUT2D eigenvalue weighted by molar-refractivity contribution is 5.35. The van der Waals surface area contributed by atoms with E-state index in [-0.39, 0.29) is 0 Å². The topological polar surface area (TPSA) is 67.9 Å². The molecule has 0 aliphatic carbocycles. The summed E-state index contributed by atoms with van der Waals surface area (Å²) >= 11 is 0. The SMILES string of the molecule is CCCCCCCCCCCc1nc(N)nc(N2CCCCC2)n1. The van der Waals surface area contributed by atoms with Gasteiger partial charge < -0.3 is 10.6 Å². The van der Waals surface area contributed by atoms with Gasteiger partial charge in [0.15, 0.2) is 0 Å². The molecule has 2 N–H and O–H groups in total. The Morgan fingerprint density at radius 3 is 2.08 bits per heavy atom. The fourth-order valence-electron chi connectivity index (χ4n) is 3.37. The van der Waals surface area contributed by atoms with Crippen molar-refractivity contribution >= 4 is 11.9 Å². The van der Waals surface area contributed by atoms with Crippen molar-refractivity contribution in [2.75, 3.05) is 23.7 Å². The van der Waals surface area contributed by atoms with Gasteiger partial charge in [-0.25, -0.2) is 0 Å². The van der Waals surface area contributed by atoms with Gasteiger partial charge in [-0.15, -0.1) is 0 Å². The van der Waals surface area contributed by atoms with Crippen LogP contribution >= 0.6 is 0 Å². The highest BCUT2D eigenvalue weighted by Crippen LogP contribution is 2.17. The summed E-state index contributed by atoms with van der Waals surface area (Å²) in [6.07, 6.45) is 16.7. The fourth-order valence-corrected chi connectivity index (χ4v) is 3.37. The summed E-state index contributed by atoms with van der Waals surface area (Å²) in [5, 5.41) is 0. The average molecular weight is 334 g/mol. The highest BCUT2D eigenvalue weighted by atomic mass is 15.3. The third-order valence-electron chi connectivity index (χ3n) is 4.83. The third kappa shape index (κ3) is 7.02. The van der Waals surface area contributed by atoms with Crippen LogP contribution in [0.15, 0.2) is 0 Å². The van der Waals surface area contributed by atoms with E-state index in [9.17, 15) is 0 Å². The summed E-state index contributed by atoms with van der Waals surface area (Å²) in [4.78, 5) is 15.6. The summed E-state index contributed by atoms with van der Waals surface area (Å²) in [5.74, 6) is 2.02. The number of unbranched alkanes of at least 4 members (excludes halogenated alkanes) is 8. The van der Waals surface area contributed by atoms with Crippen LogP contribution in [-0.2, 0) is 6.42 Å². The van der Waals surface area contributed by atoms with Crippen molar-refractivity contribution in [2.24, 2.45) is 0 Å². The van der Waals surface area contributed by atoms with Crippen LogP contribution in [0, 0.1) is 0 Å². The van der Waals surface area contributed by atoms with E-state index in [1.165, 1.54) is 70.6 Å². The summed E-state index contributed by atoms with van der Waals surface area (Å²) in [6, 6.07) is 0. The normalized spacial score (nSPS) is 15.0. The van der Waals surface area contributed by atoms with Gasteiger partial charge in [0.2, 0.25) is 11.9 Å². The van der Waals surface area contributed by atoms with Gasteiger partial charge in [-0.3, -0.25) is 0 Å².